The molecule has 1 aromatic heterocycles. The van der Waals surface area contributed by atoms with Gasteiger partial charge in [0.2, 0.25) is 0 Å². The van der Waals surface area contributed by atoms with Crippen LogP contribution < -0.4 is 4.74 Å². The smallest absolute Gasteiger partial charge is 0.171 e. The molecule has 2 rings (SSSR count). The van der Waals surface area contributed by atoms with Crippen molar-refractivity contribution in [1.29, 1.82) is 0 Å². The molecular weight excluding hydrogens is 419 g/mol. The van der Waals surface area contributed by atoms with Gasteiger partial charge in [-0.2, -0.15) is 5.10 Å². The normalized spacial score (nSPS) is 11.8. The largest absolute Gasteiger partial charge is 0.492 e. The second kappa shape index (κ2) is 9.02. The lowest BCUT2D eigenvalue weighted by atomic mass is 10.4. The van der Waals surface area contributed by atoms with Crippen LogP contribution in [0.25, 0.3) is 0 Å². The van der Waals surface area contributed by atoms with E-state index in [4.69, 9.17) is 44.3 Å². The number of benzene rings is 1. The summed E-state index contributed by atoms with van der Waals surface area (Å²) in [6, 6.07) is 4.49. The molecule has 0 fully saturated rings. The third-order valence-corrected chi connectivity index (χ3v) is 7.49. The van der Waals surface area contributed by atoms with Crippen molar-refractivity contribution in [2.75, 3.05) is 13.7 Å². The molecule has 138 valence electrons. The van der Waals surface area contributed by atoms with Crippen LogP contribution in [-0.2, 0) is 11.5 Å². The second-order valence-corrected chi connectivity index (χ2v) is 14.5. The van der Waals surface area contributed by atoms with E-state index in [1.165, 1.54) is 11.8 Å². The summed E-state index contributed by atoms with van der Waals surface area (Å²) < 4.78 is 12.8. The third kappa shape index (κ3) is 6.08. The Balaban J connectivity index is 2.09. The lowest BCUT2D eigenvalue weighted by Crippen LogP contribution is -2.22. The topological polar surface area (TPSA) is 36.3 Å². The van der Waals surface area contributed by atoms with Gasteiger partial charge in [0, 0.05) is 14.7 Å². The second-order valence-electron chi connectivity index (χ2n) is 6.66. The maximum Gasteiger partial charge on any atom is 0.171 e. The maximum atomic E-state index is 6.26. The molecule has 0 unspecified atom stereocenters. The van der Waals surface area contributed by atoms with Crippen molar-refractivity contribution in [2.45, 2.75) is 42.3 Å². The molecular formula is C16H21Cl3N2O2SSi. The third-order valence-electron chi connectivity index (χ3n) is 3.34. The van der Waals surface area contributed by atoms with E-state index in [9.17, 15) is 0 Å². The van der Waals surface area contributed by atoms with E-state index in [1.54, 1.807) is 30.1 Å². The molecule has 1 heterocycles. The van der Waals surface area contributed by atoms with Gasteiger partial charge < -0.3 is 9.47 Å². The molecule has 0 aliphatic heterocycles. The van der Waals surface area contributed by atoms with E-state index in [2.05, 4.69) is 24.7 Å². The summed E-state index contributed by atoms with van der Waals surface area (Å²) in [5.74, 6) is 0.630. The van der Waals surface area contributed by atoms with Gasteiger partial charge in [-0.1, -0.05) is 66.2 Å². The van der Waals surface area contributed by atoms with Gasteiger partial charge in [0.05, 0.1) is 33.3 Å². The first-order valence-corrected chi connectivity index (χ1v) is 13.4. The SMILES string of the molecule is COc1cn(COCC[Si](C)(C)C)nc1Sc1c(Cl)ccc(Cl)c1Cl. The predicted octanol–water partition coefficient (Wildman–Crippen LogP) is 6.32. The summed E-state index contributed by atoms with van der Waals surface area (Å²) in [4.78, 5) is 0.652. The Bertz CT molecular complexity index is 735. The summed E-state index contributed by atoms with van der Waals surface area (Å²) in [6.07, 6.45) is 1.79. The Hall–Kier alpha value is -0.373. The molecule has 0 N–H and O–H groups in total. The lowest BCUT2D eigenvalue weighted by Gasteiger charge is -2.15. The van der Waals surface area contributed by atoms with E-state index in [0.29, 0.717) is 37.5 Å². The van der Waals surface area contributed by atoms with Crippen LogP contribution in [0, 0.1) is 0 Å². The van der Waals surface area contributed by atoms with Gasteiger partial charge in [-0.25, -0.2) is 4.68 Å². The van der Waals surface area contributed by atoms with Gasteiger partial charge in [-0.3, -0.25) is 0 Å². The zero-order valence-corrected chi connectivity index (χ0v) is 18.7. The van der Waals surface area contributed by atoms with Crippen molar-refractivity contribution in [3.63, 3.8) is 0 Å². The lowest BCUT2D eigenvalue weighted by molar-refractivity contribution is 0.0777. The maximum absolute atomic E-state index is 6.26. The van der Waals surface area contributed by atoms with Crippen LogP contribution in [0.1, 0.15) is 0 Å². The molecule has 0 aliphatic carbocycles. The van der Waals surface area contributed by atoms with Crippen molar-refractivity contribution in [3.8, 4) is 5.75 Å². The summed E-state index contributed by atoms with van der Waals surface area (Å²) in [5.41, 5.74) is 0. The molecule has 9 heteroatoms. The van der Waals surface area contributed by atoms with Crippen LogP contribution in [0.3, 0.4) is 0 Å². The van der Waals surface area contributed by atoms with Gasteiger partial charge in [0.25, 0.3) is 0 Å². The number of aromatic nitrogens is 2. The average molecular weight is 440 g/mol. The zero-order chi connectivity index (χ0) is 18.6. The van der Waals surface area contributed by atoms with Gasteiger partial charge in [-0.15, -0.1) is 0 Å². The van der Waals surface area contributed by atoms with E-state index < -0.39 is 8.07 Å². The average Bonchev–Trinajstić information content (AvgIpc) is 2.93. The molecule has 2 aromatic rings. The van der Waals surface area contributed by atoms with E-state index in [0.717, 1.165) is 12.7 Å². The van der Waals surface area contributed by atoms with Crippen LogP contribution in [-0.4, -0.2) is 31.6 Å². The molecule has 0 spiro atoms. The van der Waals surface area contributed by atoms with Crippen molar-refractivity contribution in [2.24, 2.45) is 0 Å². The van der Waals surface area contributed by atoms with Crippen molar-refractivity contribution in [3.05, 3.63) is 33.4 Å². The minimum absolute atomic E-state index is 0.373. The first kappa shape index (κ1) is 20.9. The highest BCUT2D eigenvalue weighted by Crippen LogP contribution is 2.43. The molecule has 0 bridgehead atoms. The number of halogens is 3. The number of rotatable bonds is 8. The standard InChI is InChI=1S/C16H21Cl3N2O2SSi/c1-22-13-9-21(10-23-7-8-25(2,3)4)20-16(13)24-15-12(18)6-5-11(17)14(15)19/h5-6,9H,7-8,10H2,1-4H3. The molecule has 4 nitrogen and oxygen atoms in total. The van der Waals surface area contributed by atoms with Crippen LogP contribution in [0.5, 0.6) is 5.75 Å². The van der Waals surface area contributed by atoms with Crippen molar-refractivity contribution < 1.29 is 9.47 Å². The molecule has 0 amide bonds. The molecule has 25 heavy (non-hydrogen) atoms. The highest BCUT2D eigenvalue weighted by atomic mass is 35.5. The fourth-order valence-corrected chi connectivity index (χ4v) is 4.41. The highest BCUT2D eigenvalue weighted by molar-refractivity contribution is 7.99. The summed E-state index contributed by atoms with van der Waals surface area (Å²) in [6.45, 7) is 8.06. The summed E-state index contributed by atoms with van der Waals surface area (Å²) in [7, 11) is 0.494. The first-order chi connectivity index (χ1) is 11.7. The van der Waals surface area contributed by atoms with Crippen LogP contribution in [0.2, 0.25) is 40.8 Å². The van der Waals surface area contributed by atoms with Crippen molar-refractivity contribution >= 4 is 54.6 Å². The summed E-state index contributed by atoms with van der Waals surface area (Å²) >= 11 is 19.9. The number of hydrogen-bond donors (Lipinski definition) is 0. The molecule has 0 aliphatic rings. The van der Waals surface area contributed by atoms with E-state index in [1.807, 2.05) is 0 Å². The number of methoxy groups -OCH3 is 1. The molecule has 0 atom stereocenters. The predicted molar refractivity (Wildman–Crippen MR) is 108 cm³/mol. The Kier molecular flexibility index (Phi) is 7.55. The fraction of sp³-hybridized carbons (Fsp3) is 0.438. The Morgan fingerprint density at radius 3 is 2.48 bits per heavy atom. The molecule has 1 aromatic carbocycles. The minimum atomic E-state index is -1.10. The minimum Gasteiger partial charge on any atom is -0.492 e. The number of hydrogen-bond acceptors (Lipinski definition) is 4. The van der Waals surface area contributed by atoms with E-state index >= 15 is 0 Å². The van der Waals surface area contributed by atoms with Gasteiger partial charge in [0.1, 0.15) is 6.73 Å². The fourth-order valence-electron chi connectivity index (χ4n) is 1.90. The monoisotopic (exact) mass is 438 g/mol. The quantitative estimate of drug-likeness (QED) is 0.274. The number of nitrogens with zero attached hydrogens (tertiary/aromatic N) is 2. The highest BCUT2D eigenvalue weighted by Gasteiger charge is 2.17. The summed E-state index contributed by atoms with van der Waals surface area (Å²) in [5, 5.41) is 6.52. The van der Waals surface area contributed by atoms with Gasteiger partial charge in [-0.05, 0) is 18.2 Å². The van der Waals surface area contributed by atoms with E-state index in [-0.39, 0.29) is 0 Å². The van der Waals surface area contributed by atoms with Crippen LogP contribution in [0.4, 0.5) is 0 Å². The Morgan fingerprint density at radius 2 is 1.84 bits per heavy atom. The zero-order valence-electron chi connectivity index (χ0n) is 14.6. The molecule has 0 radical (unpaired) electrons. The van der Waals surface area contributed by atoms with Crippen LogP contribution >= 0.6 is 46.6 Å². The van der Waals surface area contributed by atoms with Crippen molar-refractivity contribution in [1.82, 2.24) is 9.78 Å². The first-order valence-electron chi connectivity index (χ1n) is 7.72. The number of ether oxygens (including phenoxy) is 2. The van der Waals surface area contributed by atoms with Gasteiger partial charge in [0.15, 0.2) is 10.8 Å². The molecule has 0 saturated carbocycles. The van der Waals surface area contributed by atoms with Crippen LogP contribution in [0.15, 0.2) is 28.3 Å². The van der Waals surface area contributed by atoms with Gasteiger partial charge >= 0.3 is 0 Å². The Morgan fingerprint density at radius 1 is 1.16 bits per heavy atom. The molecule has 0 saturated heterocycles. The Labute approximate surface area is 168 Å².